The van der Waals surface area contributed by atoms with E-state index in [-0.39, 0.29) is 12.2 Å². The Morgan fingerprint density at radius 3 is 1.97 bits per heavy atom. The Morgan fingerprint density at radius 2 is 1.38 bits per heavy atom. The van der Waals surface area contributed by atoms with Crippen LogP contribution in [0.3, 0.4) is 0 Å². The topological polar surface area (TPSA) is 55.4 Å². The quantitative estimate of drug-likeness (QED) is 0.337. The summed E-state index contributed by atoms with van der Waals surface area (Å²) in [5, 5.41) is 0. The minimum Gasteiger partial charge on any atom is -0.368 e. The maximum atomic E-state index is 6.58. The molecule has 0 aliphatic carbocycles. The molecule has 3 aromatic carbocycles. The molecule has 2 aliphatic rings. The molecule has 7 atom stereocenters. The molecule has 0 radical (unpaired) electrons. The Bertz CT molecular complexity index is 1090. The van der Waals surface area contributed by atoms with Crippen molar-refractivity contribution in [2.75, 3.05) is 6.61 Å². The van der Waals surface area contributed by atoms with E-state index in [0.29, 0.717) is 19.8 Å². The lowest BCUT2D eigenvalue weighted by atomic mass is 9.97. The van der Waals surface area contributed by atoms with Crippen LogP contribution in [0, 0.1) is 0 Å². The molecule has 2 aliphatic heterocycles. The Labute approximate surface area is 218 Å². The summed E-state index contributed by atoms with van der Waals surface area (Å²) in [5.74, 6) is 0. The third-order valence-corrected chi connectivity index (χ3v) is 6.61. The molecular weight excluding hydrogens is 468 g/mol. The second-order valence-corrected chi connectivity index (χ2v) is 9.32. The van der Waals surface area contributed by atoms with Crippen molar-refractivity contribution in [2.24, 2.45) is 0 Å². The number of fused-ring (bicyclic) bond motifs is 1. The first-order valence-corrected chi connectivity index (χ1v) is 12.8. The van der Waals surface area contributed by atoms with Gasteiger partial charge >= 0.3 is 0 Å². The summed E-state index contributed by atoms with van der Waals surface area (Å²) < 4.78 is 38.3. The normalized spacial score (nSPS) is 28.2. The van der Waals surface area contributed by atoms with E-state index >= 15 is 0 Å². The van der Waals surface area contributed by atoms with Crippen LogP contribution in [0.5, 0.6) is 0 Å². The fraction of sp³-hybridized carbons (Fsp3) is 0.355. The van der Waals surface area contributed by atoms with Crippen LogP contribution in [0.2, 0.25) is 0 Å². The van der Waals surface area contributed by atoms with E-state index in [0.717, 1.165) is 16.7 Å². The van der Waals surface area contributed by atoms with Gasteiger partial charge in [-0.3, -0.25) is 0 Å². The first kappa shape index (κ1) is 25.8. The molecule has 0 aromatic heterocycles. The van der Waals surface area contributed by atoms with Gasteiger partial charge in [-0.25, -0.2) is 0 Å². The van der Waals surface area contributed by atoms with Crippen LogP contribution in [0.1, 0.15) is 29.9 Å². The molecule has 6 heteroatoms. The fourth-order valence-corrected chi connectivity index (χ4v) is 4.60. The summed E-state index contributed by atoms with van der Waals surface area (Å²) in [6.45, 7) is 6.93. The Kier molecular flexibility index (Phi) is 8.79. The number of rotatable bonds is 10. The van der Waals surface area contributed by atoms with Crippen molar-refractivity contribution in [3.05, 3.63) is 120 Å². The van der Waals surface area contributed by atoms with Gasteiger partial charge in [0.15, 0.2) is 12.6 Å². The molecule has 6 nitrogen and oxygen atoms in total. The maximum Gasteiger partial charge on any atom is 0.187 e. The van der Waals surface area contributed by atoms with Crippen LogP contribution in [0.25, 0.3) is 0 Å². The third-order valence-electron chi connectivity index (χ3n) is 6.61. The van der Waals surface area contributed by atoms with E-state index in [2.05, 4.69) is 6.58 Å². The van der Waals surface area contributed by atoms with Crippen molar-refractivity contribution in [1.82, 2.24) is 0 Å². The van der Waals surface area contributed by atoms with E-state index in [1.807, 2.05) is 97.9 Å². The van der Waals surface area contributed by atoms with Crippen LogP contribution < -0.4 is 0 Å². The Balaban J connectivity index is 1.42. The highest BCUT2D eigenvalue weighted by Gasteiger charge is 2.52. The predicted octanol–water partition coefficient (Wildman–Crippen LogP) is 5.59. The van der Waals surface area contributed by atoms with Gasteiger partial charge in [-0.05, 0) is 18.1 Å². The number of benzene rings is 3. The highest BCUT2D eigenvalue weighted by Crippen LogP contribution is 2.37. The van der Waals surface area contributed by atoms with E-state index in [1.165, 1.54) is 0 Å². The van der Waals surface area contributed by atoms with E-state index in [4.69, 9.17) is 28.4 Å². The van der Waals surface area contributed by atoms with Gasteiger partial charge in [-0.1, -0.05) is 97.1 Å². The van der Waals surface area contributed by atoms with Gasteiger partial charge in [0, 0.05) is 5.56 Å². The van der Waals surface area contributed by atoms with Crippen molar-refractivity contribution in [1.29, 1.82) is 0 Å². The number of ether oxygens (including phenoxy) is 6. The molecule has 0 spiro atoms. The molecule has 0 saturated carbocycles. The maximum absolute atomic E-state index is 6.58. The van der Waals surface area contributed by atoms with Crippen molar-refractivity contribution in [2.45, 2.75) is 63.2 Å². The van der Waals surface area contributed by atoms with Gasteiger partial charge in [-0.2, -0.15) is 0 Å². The van der Waals surface area contributed by atoms with E-state index < -0.39 is 30.9 Å². The van der Waals surface area contributed by atoms with Gasteiger partial charge < -0.3 is 28.4 Å². The van der Waals surface area contributed by atoms with Gasteiger partial charge in [0.25, 0.3) is 0 Å². The Hall–Kier alpha value is -2.84. The molecule has 194 valence electrons. The van der Waals surface area contributed by atoms with E-state index in [9.17, 15) is 0 Å². The Morgan fingerprint density at radius 1 is 0.811 bits per heavy atom. The molecule has 1 unspecified atom stereocenters. The van der Waals surface area contributed by atoms with Gasteiger partial charge in [-0.15, -0.1) is 6.58 Å². The molecule has 3 aromatic rings. The summed E-state index contributed by atoms with van der Waals surface area (Å²) in [5.41, 5.74) is 3.07. The van der Waals surface area contributed by atoms with Crippen LogP contribution in [-0.2, 0) is 41.6 Å². The smallest absolute Gasteiger partial charge is 0.187 e. The highest BCUT2D eigenvalue weighted by molar-refractivity contribution is 5.17. The van der Waals surface area contributed by atoms with Gasteiger partial charge in [0.2, 0.25) is 0 Å². The molecule has 37 heavy (non-hydrogen) atoms. The molecule has 2 heterocycles. The summed E-state index contributed by atoms with van der Waals surface area (Å²) in [4.78, 5) is 0. The van der Waals surface area contributed by atoms with Crippen LogP contribution in [-0.4, -0.2) is 43.4 Å². The molecule has 0 N–H and O–H groups in total. The first-order chi connectivity index (χ1) is 18.2. The van der Waals surface area contributed by atoms with Crippen molar-refractivity contribution >= 4 is 0 Å². The molecule has 5 rings (SSSR count). The monoisotopic (exact) mass is 502 g/mol. The summed E-state index contributed by atoms with van der Waals surface area (Å²) in [6, 6.07) is 30.0. The molecule has 0 bridgehead atoms. The van der Waals surface area contributed by atoms with Crippen molar-refractivity contribution in [3.63, 3.8) is 0 Å². The fourth-order valence-electron chi connectivity index (χ4n) is 4.60. The second-order valence-electron chi connectivity index (χ2n) is 9.32. The van der Waals surface area contributed by atoms with Crippen LogP contribution in [0.15, 0.2) is 104 Å². The average Bonchev–Trinajstić information content (AvgIpc) is 2.96. The lowest BCUT2D eigenvalue weighted by Crippen LogP contribution is -2.63. The lowest BCUT2D eigenvalue weighted by molar-refractivity contribution is -0.375. The van der Waals surface area contributed by atoms with Gasteiger partial charge in [0.1, 0.15) is 24.4 Å². The zero-order valence-electron chi connectivity index (χ0n) is 21.1. The van der Waals surface area contributed by atoms with Crippen LogP contribution in [0.4, 0.5) is 0 Å². The summed E-state index contributed by atoms with van der Waals surface area (Å²) in [7, 11) is 0. The largest absolute Gasteiger partial charge is 0.368 e. The molecule has 2 saturated heterocycles. The van der Waals surface area contributed by atoms with E-state index in [1.54, 1.807) is 6.08 Å². The SMILES string of the molecule is C=CC(C)O[C@@H]1O[C@@H]2CO[C@@H](c3ccccc3)O[C@H]2[C@H](OCc2ccccc2)[C@H]1OCc1ccccc1. The molecule has 2 fully saturated rings. The standard InChI is InChI=1S/C31H34O6/c1-3-22(2)35-31-29(33-20-24-15-9-5-10-16-24)28(32-19-23-13-7-4-8-14-23)27-26(36-31)21-34-30(37-27)25-17-11-6-12-18-25/h3-18,22,26-31H,1,19-21H2,2H3/t22?,26-,27-,28+,29-,30-,31-/m1/s1. The number of hydrogen-bond donors (Lipinski definition) is 0. The summed E-state index contributed by atoms with van der Waals surface area (Å²) >= 11 is 0. The first-order valence-electron chi connectivity index (χ1n) is 12.8. The lowest BCUT2D eigenvalue weighted by Gasteiger charge is -2.49. The molecule has 0 amide bonds. The third kappa shape index (κ3) is 6.54. The van der Waals surface area contributed by atoms with Crippen molar-refractivity contribution < 1.29 is 28.4 Å². The van der Waals surface area contributed by atoms with Gasteiger partial charge in [0.05, 0.1) is 25.9 Å². The highest BCUT2D eigenvalue weighted by atomic mass is 16.8. The predicted molar refractivity (Wildman–Crippen MR) is 139 cm³/mol. The number of hydrogen-bond acceptors (Lipinski definition) is 6. The molecular formula is C31H34O6. The average molecular weight is 503 g/mol. The minimum atomic E-state index is -0.681. The second kappa shape index (κ2) is 12.6. The summed E-state index contributed by atoms with van der Waals surface area (Å²) in [6.07, 6.45) is -1.49. The minimum absolute atomic E-state index is 0.235. The van der Waals surface area contributed by atoms with Crippen molar-refractivity contribution in [3.8, 4) is 0 Å². The zero-order chi connectivity index (χ0) is 25.5. The van der Waals surface area contributed by atoms with Crippen LogP contribution >= 0.6 is 0 Å². The zero-order valence-corrected chi connectivity index (χ0v) is 21.1.